The number of thioether (sulfide) groups is 1. The van der Waals surface area contributed by atoms with E-state index in [0.29, 0.717) is 16.4 Å². The van der Waals surface area contributed by atoms with E-state index in [1.54, 1.807) is 12.1 Å². The zero-order valence-electron chi connectivity index (χ0n) is 13.9. The second-order valence-corrected chi connectivity index (χ2v) is 7.69. The van der Waals surface area contributed by atoms with Crippen LogP contribution >= 0.6 is 23.1 Å². The van der Waals surface area contributed by atoms with Gasteiger partial charge in [0.05, 0.1) is 0 Å². The summed E-state index contributed by atoms with van der Waals surface area (Å²) < 4.78 is 14.3. The summed E-state index contributed by atoms with van der Waals surface area (Å²) in [6.45, 7) is 4.14. The zero-order valence-corrected chi connectivity index (χ0v) is 15.6. The van der Waals surface area contributed by atoms with Crippen LogP contribution in [0, 0.1) is 11.7 Å². The number of hydrogen-bond acceptors (Lipinski definition) is 5. The van der Waals surface area contributed by atoms with Crippen LogP contribution in [0.5, 0.6) is 0 Å². The van der Waals surface area contributed by atoms with Gasteiger partial charge >= 0.3 is 0 Å². The highest BCUT2D eigenvalue weighted by molar-refractivity contribution is 8.00. The van der Waals surface area contributed by atoms with E-state index in [0.717, 1.165) is 30.0 Å². The van der Waals surface area contributed by atoms with Crippen molar-refractivity contribution in [2.45, 2.75) is 49.6 Å². The van der Waals surface area contributed by atoms with E-state index in [9.17, 15) is 9.18 Å². The van der Waals surface area contributed by atoms with E-state index < -0.39 is 0 Å². The third-order valence-corrected chi connectivity index (χ3v) is 5.74. The molecule has 0 aliphatic heterocycles. The number of carbonyl (C=O) groups excluding carboxylic acids is 1. The third-order valence-electron chi connectivity index (χ3n) is 3.72. The molecule has 1 aromatic heterocycles. The number of halogens is 1. The Kier molecular flexibility index (Phi) is 7.65. The number of unbranched alkanes of at least 4 members (excludes halogenated alkanes) is 1. The van der Waals surface area contributed by atoms with E-state index in [4.69, 9.17) is 0 Å². The molecule has 4 nitrogen and oxygen atoms in total. The van der Waals surface area contributed by atoms with Crippen LogP contribution in [0.2, 0.25) is 0 Å². The van der Waals surface area contributed by atoms with Crippen LogP contribution in [0.25, 0.3) is 0 Å². The fourth-order valence-corrected chi connectivity index (χ4v) is 3.99. The summed E-state index contributed by atoms with van der Waals surface area (Å²) >= 11 is 2.74. The van der Waals surface area contributed by atoms with Gasteiger partial charge in [-0.3, -0.25) is 4.79 Å². The fraction of sp³-hybridized carbons (Fsp3) is 0.471. The Balaban J connectivity index is 1.88. The third kappa shape index (κ3) is 5.56. The van der Waals surface area contributed by atoms with E-state index in [1.807, 2.05) is 13.0 Å². The molecule has 0 bridgehead atoms. The number of nitrogens with one attached hydrogen (secondary N) is 1. The average Bonchev–Trinajstić information content (AvgIpc) is 3.02. The van der Waals surface area contributed by atoms with Crippen LogP contribution in [0.3, 0.4) is 0 Å². The Morgan fingerprint density at radius 3 is 2.83 bits per heavy atom. The number of nitrogens with zero attached hydrogens (tertiary/aromatic N) is 2. The van der Waals surface area contributed by atoms with Crippen LogP contribution in [-0.2, 0) is 10.5 Å². The summed E-state index contributed by atoms with van der Waals surface area (Å²) in [6.07, 6.45) is 3.84. The van der Waals surface area contributed by atoms with E-state index in [-0.39, 0.29) is 17.6 Å². The Labute approximate surface area is 150 Å². The summed E-state index contributed by atoms with van der Waals surface area (Å²) in [7, 11) is 0. The highest BCUT2D eigenvalue weighted by Crippen LogP contribution is 2.29. The lowest BCUT2D eigenvalue weighted by Gasteiger charge is -2.12. The van der Waals surface area contributed by atoms with Crippen molar-refractivity contribution in [1.29, 1.82) is 0 Å². The van der Waals surface area contributed by atoms with Gasteiger partial charge < -0.3 is 5.32 Å². The van der Waals surface area contributed by atoms with Crippen molar-refractivity contribution in [2.24, 2.45) is 5.92 Å². The summed E-state index contributed by atoms with van der Waals surface area (Å²) in [6, 6.07) is 6.69. The molecule has 0 saturated heterocycles. The minimum atomic E-state index is -0.218. The molecule has 1 N–H and O–H groups in total. The number of anilines is 1. The molecule has 7 heteroatoms. The Hall–Kier alpha value is -1.47. The molecule has 0 unspecified atom stereocenters. The first-order valence-electron chi connectivity index (χ1n) is 8.14. The topological polar surface area (TPSA) is 54.9 Å². The second-order valence-electron chi connectivity index (χ2n) is 5.49. The summed E-state index contributed by atoms with van der Waals surface area (Å²) in [5.74, 6) is 0.296. The molecule has 1 atom stereocenters. The lowest BCUT2D eigenvalue weighted by Crippen LogP contribution is -2.22. The molecule has 1 heterocycles. The summed E-state index contributed by atoms with van der Waals surface area (Å²) in [5, 5.41) is 11.4. The van der Waals surface area contributed by atoms with Gasteiger partial charge in [0.2, 0.25) is 11.0 Å². The van der Waals surface area contributed by atoms with Gasteiger partial charge in [-0.2, -0.15) is 0 Å². The quantitative estimate of drug-likeness (QED) is 0.493. The zero-order chi connectivity index (χ0) is 17.4. The van der Waals surface area contributed by atoms with Gasteiger partial charge in [-0.05, 0) is 24.5 Å². The molecular weight excluding hydrogens is 345 g/mol. The van der Waals surface area contributed by atoms with Crippen molar-refractivity contribution in [1.82, 2.24) is 10.2 Å². The number of benzene rings is 1. The maximum Gasteiger partial charge on any atom is 0.229 e. The van der Waals surface area contributed by atoms with Crippen molar-refractivity contribution >= 4 is 34.1 Å². The lowest BCUT2D eigenvalue weighted by molar-refractivity contribution is -0.120. The highest BCUT2D eigenvalue weighted by atomic mass is 32.2. The first-order chi connectivity index (χ1) is 11.6. The lowest BCUT2D eigenvalue weighted by atomic mass is 9.99. The molecule has 2 rings (SSSR count). The predicted octanol–water partition coefficient (Wildman–Crippen LogP) is 5.12. The average molecular weight is 368 g/mol. The molecule has 2 aromatic rings. The number of amides is 1. The van der Waals surface area contributed by atoms with E-state index in [1.165, 1.54) is 29.2 Å². The molecule has 0 fully saturated rings. The van der Waals surface area contributed by atoms with Crippen LogP contribution < -0.4 is 5.32 Å². The van der Waals surface area contributed by atoms with Crippen LogP contribution in [0.4, 0.5) is 9.52 Å². The standard InChI is InChI=1S/C17H22FN3OS2/c1-3-5-8-12(4-2)15(22)19-16-20-21-17(24-16)23-11-13-9-6-7-10-14(13)18/h6-7,9-10,12H,3-5,8,11H2,1-2H3,(H,19,20,22)/t12-/m0/s1. The molecule has 0 aliphatic rings. The maximum absolute atomic E-state index is 13.6. The highest BCUT2D eigenvalue weighted by Gasteiger charge is 2.17. The Morgan fingerprint density at radius 1 is 1.33 bits per heavy atom. The molecule has 0 saturated carbocycles. The van der Waals surface area contributed by atoms with E-state index in [2.05, 4.69) is 22.4 Å². The van der Waals surface area contributed by atoms with Crippen LogP contribution in [-0.4, -0.2) is 16.1 Å². The first-order valence-corrected chi connectivity index (χ1v) is 9.94. The number of rotatable bonds is 9. The van der Waals surface area contributed by atoms with Gasteiger partial charge in [0.25, 0.3) is 0 Å². The fourth-order valence-electron chi connectivity index (χ4n) is 2.25. The van der Waals surface area contributed by atoms with Gasteiger partial charge in [0, 0.05) is 11.7 Å². The largest absolute Gasteiger partial charge is 0.300 e. The van der Waals surface area contributed by atoms with Crippen molar-refractivity contribution in [3.8, 4) is 0 Å². The van der Waals surface area contributed by atoms with Gasteiger partial charge in [-0.25, -0.2) is 4.39 Å². The SMILES string of the molecule is CCCC[C@H](CC)C(=O)Nc1nnc(SCc2ccccc2F)s1. The minimum absolute atomic E-state index is 0.00718. The second kappa shape index (κ2) is 9.74. The molecule has 0 aliphatic carbocycles. The van der Waals surface area contributed by atoms with Crippen molar-refractivity contribution in [3.05, 3.63) is 35.6 Å². The van der Waals surface area contributed by atoms with E-state index >= 15 is 0 Å². The van der Waals surface area contributed by atoms with Crippen molar-refractivity contribution < 1.29 is 9.18 Å². The molecular formula is C17H22FN3OS2. The van der Waals surface area contributed by atoms with Gasteiger partial charge in [0.15, 0.2) is 4.34 Å². The monoisotopic (exact) mass is 367 g/mol. The maximum atomic E-state index is 13.6. The molecule has 1 aromatic carbocycles. The molecule has 24 heavy (non-hydrogen) atoms. The summed E-state index contributed by atoms with van der Waals surface area (Å²) in [5.41, 5.74) is 0.633. The molecule has 0 radical (unpaired) electrons. The van der Waals surface area contributed by atoms with Crippen molar-refractivity contribution in [3.63, 3.8) is 0 Å². The molecule has 0 spiro atoms. The predicted molar refractivity (Wildman–Crippen MR) is 97.8 cm³/mol. The van der Waals surface area contributed by atoms with Gasteiger partial charge in [-0.1, -0.05) is 68.0 Å². The first kappa shape index (κ1) is 18.9. The minimum Gasteiger partial charge on any atom is -0.300 e. The van der Waals surface area contributed by atoms with Crippen LogP contribution in [0.1, 0.15) is 45.1 Å². The van der Waals surface area contributed by atoms with Gasteiger partial charge in [-0.15, -0.1) is 10.2 Å². The molecule has 130 valence electrons. The number of aromatic nitrogens is 2. The Bertz CT molecular complexity index is 663. The Morgan fingerprint density at radius 2 is 2.12 bits per heavy atom. The smallest absolute Gasteiger partial charge is 0.229 e. The normalized spacial score (nSPS) is 12.1. The molecule has 1 amide bonds. The van der Waals surface area contributed by atoms with Gasteiger partial charge in [0.1, 0.15) is 5.82 Å². The van der Waals surface area contributed by atoms with Crippen LogP contribution in [0.15, 0.2) is 28.6 Å². The number of hydrogen-bond donors (Lipinski definition) is 1. The number of carbonyl (C=O) groups is 1. The van der Waals surface area contributed by atoms with Crippen molar-refractivity contribution in [2.75, 3.05) is 5.32 Å². The summed E-state index contributed by atoms with van der Waals surface area (Å²) in [4.78, 5) is 12.3.